The molecule has 0 aliphatic carbocycles. The SMILES string of the molecule is CC(N)C1CCCCN1C(=O)C1CCN(C)C(=O)C1. The van der Waals surface area contributed by atoms with E-state index in [2.05, 4.69) is 0 Å². The van der Waals surface area contributed by atoms with E-state index in [1.807, 2.05) is 11.8 Å². The maximum absolute atomic E-state index is 12.6. The molecule has 2 fully saturated rings. The molecule has 19 heavy (non-hydrogen) atoms. The normalized spacial score (nSPS) is 30.4. The van der Waals surface area contributed by atoms with E-state index in [-0.39, 0.29) is 29.8 Å². The average Bonchev–Trinajstić information content (AvgIpc) is 2.41. The summed E-state index contributed by atoms with van der Waals surface area (Å²) in [5.41, 5.74) is 6.01. The highest BCUT2D eigenvalue weighted by molar-refractivity contribution is 5.87. The van der Waals surface area contributed by atoms with Crippen LogP contribution in [-0.4, -0.2) is 53.8 Å². The Morgan fingerprint density at radius 1 is 1.32 bits per heavy atom. The van der Waals surface area contributed by atoms with Crippen LogP contribution in [0.2, 0.25) is 0 Å². The summed E-state index contributed by atoms with van der Waals surface area (Å²) in [6.07, 6.45) is 4.32. The maximum atomic E-state index is 12.6. The number of likely N-dealkylation sites (tertiary alicyclic amines) is 2. The molecule has 2 heterocycles. The molecule has 2 amide bonds. The number of nitrogens with zero attached hydrogens (tertiary/aromatic N) is 2. The van der Waals surface area contributed by atoms with Crippen molar-refractivity contribution in [2.75, 3.05) is 20.1 Å². The standard InChI is InChI=1S/C14H25N3O2/c1-10(15)12-5-3-4-7-17(12)14(19)11-6-8-16(2)13(18)9-11/h10-12H,3-9,15H2,1-2H3. The second-order valence-corrected chi connectivity index (χ2v) is 5.96. The van der Waals surface area contributed by atoms with Crippen molar-refractivity contribution >= 4 is 11.8 Å². The molecule has 2 rings (SSSR count). The van der Waals surface area contributed by atoms with E-state index in [9.17, 15) is 9.59 Å². The van der Waals surface area contributed by atoms with Crippen LogP contribution in [0.5, 0.6) is 0 Å². The minimum Gasteiger partial charge on any atom is -0.346 e. The van der Waals surface area contributed by atoms with Gasteiger partial charge in [-0.25, -0.2) is 0 Å². The van der Waals surface area contributed by atoms with Gasteiger partial charge in [0, 0.05) is 44.6 Å². The van der Waals surface area contributed by atoms with E-state index in [0.29, 0.717) is 13.0 Å². The Balaban J connectivity index is 2.03. The minimum absolute atomic E-state index is 0.00576. The monoisotopic (exact) mass is 267 g/mol. The fourth-order valence-electron chi connectivity index (χ4n) is 3.17. The van der Waals surface area contributed by atoms with Crippen molar-refractivity contribution in [3.63, 3.8) is 0 Å². The molecular weight excluding hydrogens is 242 g/mol. The van der Waals surface area contributed by atoms with Crippen LogP contribution in [0.25, 0.3) is 0 Å². The topological polar surface area (TPSA) is 66.6 Å². The molecule has 0 spiro atoms. The molecule has 3 unspecified atom stereocenters. The van der Waals surface area contributed by atoms with Crippen LogP contribution in [0.15, 0.2) is 0 Å². The van der Waals surface area contributed by atoms with Gasteiger partial charge in [0.15, 0.2) is 0 Å². The maximum Gasteiger partial charge on any atom is 0.226 e. The van der Waals surface area contributed by atoms with Crippen molar-refractivity contribution in [1.29, 1.82) is 0 Å². The van der Waals surface area contributed by atoms with Gasteiger partial charge in [0.25, 0.3) is 0 Å². The lowest BCUT2D eigenvalue weighted by molar-refractivity contribution is -0.147. The van der Waals surface area contributed by atoms with Crippen molar-refractivity contribution in [1.82, 2.24) is 9.80 Å². The largest absolute Gasteiger partial charge is 0.346 e. The second kappa shape index (κ2) is 5.90. The molecule has 5 heteroatoms. The van der Waals surface area contributed by atoms with Crippen LogP contribution in [0, 0.1) is 5.92 Å². The van der Waals surface area contributed by atoms with Crippen molar-refractivity contribution in [2.24, 2.45) is 11.7 Å². The first-order chi connectivity index (χ1) is 9.00. The van der Waals surface area contributed by atoms with Crippen LogP contribution >= 0.6 is 0 Å². The Morgan fingerprint density at radius 3 is 2.68 bits per heavy atom. The molecule has 108 valence electrons. The van der Waals surface area contributed by atoms with Gasteiger partial charge in [-0.2, -0.15) is 0 Å². The number of rotatable bonds is 2. The Bertz CT molecular complexity index is 357. The molecular formula is C14H25N3O2. The number of hydrogen-bond acceptors (Lipinski definition) is 3. The number of nitrogens with two attached hydrogens (primary N) is 1. The van der Waals surface area contributed by atoms with Gasteiger partial charge in [0.05, 0.1) is 0 Å². The molecule has 2 saturated heterocycles. The second-order valence-electron chi connectivity index (χ2n) is 5.96. The highest BCUT2D eigenvalue weighted by Gasteiger charge is 2.36. The molecule has 2 aliphatic heterocycles. The molecule has 5 nitrogen and oxygen atoms in total. The number of carbonyl (C=O) groups excluding carboxylic acids is 2. The number of amides is 2. The van der Waals surface area contributed by atoms with Gasteiger partial charge >= 0.3 is 0 Å². The van der Waals surface area contributed by atoms with Crippen molar-refractivity contribution in [2.45, 2.75) is 51.1 Å². The van der Waals surface area contributed by atoms with Crippen molar-refractivity contribution < 1.29 is 9.59 Å². The zero-order valence-corrected chi connectivity index (χ0v) is 12.0. The van der Waals surface area contributed by atoms with Gasteiger partial charge in [-0.05, 0) is 32.6 Å². The minimum atomic E-state index is -0.136. The van der Waals surface area contributed by atoms with Gasteiger partial charge in [0.2, 0.25) is 11.8 Å². The summed E-state index contributed by atoms with van der Waals surface area (Å²) in [7, 11) is 1.80. The summed E-state index contributed by atoms with van der Waals surface area (Å²) in [4.78, 5) is 28.0. The van der Waals surface area contributed by atoms with Crippen molar-refractivity contribution in [3.8, 4) is 0 Å². The molecule has 2 N–H and O–H groups in total. The molecule has 3 atom stereocenters. The third-order valence-corrected chi connectivity index (χ3v) is 4.45. The van der Waals surface area contributed by atoms with Crippen LogP contribution < -0.4 is 5.73 Å². The molecule has 0 saturated carbocycles. The van der Waals surface area contributed by atoms with Gasteiger partial charge < -0.3 is 15.5 Å². The van der Waals surface area contributed by atoms with Crippen LogP contribution in [-0.2, 0) is 9.59 Å². The van der Waals surface area contributed by atoms with E-state index < -0.39 is 0 Å². The highest BCUT2D eigenvalue weighted by Crippen LogP contribution is 2.25. The van der Waals surface area contributed by atoms with Crippen LogP contribution in [0.3, 0.4) is 0 Å². The molecule has 0 aromatic rings. The quantitative estimate of drug-likeness (QED) is 0.796. The third kappa shape index (κ3) is 3.08. The third-order valence-electron chi connectivity index (χ3n) is 4.45. The summed E-state index contributed by atoms with van der Waals surface area (Å²) in [6.45, 7) is 3.45. The highest BCUT2D eigenvalue weighted by atomic mass is 16.2. The van der Waals surface area contributed by atoms with Gasteiger partial charge in [0.1, 0.15) is 0 Å². The predicted molar refractivity (Wildman–Crippen MR) is 73.4 cm³/mol. The number of piperidine rings is 2. The first-order valence-corrected chi connectivity index (χ1v) is 7.30. The Hall–Kier alpha value is -1.10. The summed E-state index contributed by atoms with van der Waals surface area (Å²) in [5, 5.41) is 0. The van der Waals surface area contributed by atoms with Gasteiger partial charge in [-0.15, -0.1) is 0 Å². The summed E-state index contributed by atoms with van der Waals surface area (Å²) < 4.78 is 0. The van der Waals surface area contributed by atoms with Crippen LogP contribution in [0.1, 0.15) is 39.0 Å². The Labute approximate surface area is 115 Å². The number of hydrogen-bond donors (Lipinski definition) is 1. The summed E-state index contributed by atoms with van der Waals surface area (Å²) >= 11 is 0. The van der Waals surface area contributed by atoms with E-state index in [4.69, 9.17) is 5.73 Å². The molecule has 2 aliphatic rings. The fraction of sp³-hybridized carbons (Fsp3) is 0.857. The number of carbonyl (C=O) groups is 2. The van der Waals surface area contributed by atoms with Crippen molar-refractivity contribution in [3.05, 3.63) is 0 Å². The molecule has 0 radical (unpaired) electrons. The Morgan fingerprint density at radius 2 is 2.05 bits per heavy atom. The lowest BCUT2D eigenvalue weighted by Crippen LogP contribution is -2.54. The smallest absolute Gasteiger partial charge is 0.226 e. The van der Waals surface area contributed by atoms with Gasteiger partial charge in [-0.1, -0.05) is 0 Å². The molecule has 0 bridgehead atoms. The molecule has 0 aromatic carbocycles. The summed E-state index contributed by atoms with van der Waals surface area (Å²) in [6, 6.07) is 0.155. The first-order valence-electron chi connectivity index (χ1n) is 7.30. The van der Waals surface area contributed by atoms with E-state index >= 15 is 0 Å². The lowest BCUT2D eigenvalue weighted by Gasteiger charge is -2.41. The van der Waals surface area contributed by atoms with E-state index in [0.717, 1.165) is 32.2 Å². The summed E-state index contributed by atoms with van der Waals surface area (Å²) in [5.74, 6) is 0.0884. The predicted octanol–water partition coefficient (Wildman–Crippen LogP) is 0.583. The average molecular weight is 267 g/mol. The first kappa shape index (κ1) is 14.3. The zero-order valence-electron chi connectivity index (χ0n) is 12.0. The Kier molecular flexibility index (Phi) is 4.45. The van der Waals surface area contributed by atoms with Crippen LogP contribution in [0.4, 0.5) is 0 Å². The van der Waals surface area contributed by atoms with E-state index in [1.165, 1.54) is 0 Å². The van der Waals surface area contributed by atoms with Gasteiger partial charge in [-0.3, -0.25) is 9.59 Å². The van der Waals surface area contributed by atoms with E-state index in [1.54, 1.807) is 11.9 Å². The zero-order chi connectivity index (χ0) is 14.0. The fourth-order valence-corrected chi connectivity index (χ4v) is 3.17. The molecule has 0 aromatic heterocycles. The lowest BCUT2D eigenvalue weighted by atomic mass is 9.90.